The Kier molecular flexibility index (Phi) is 7.70. The molecule has 204 valence electrons. The fourth-order valence-electron chi connectivity index (χ4n) is 5.25. The molecule has 0 atom stereocenters. The van der Waals surface area contributed by atoms with Gasteiger partial charge in [-0.2, -0.15) is 4.98 Å². The van der Waals surface area contributed by atoms with E-state index in [0.29, 0.717) is 48.0 Å². The third-order valence-corrected chi connectivity index (χ3v) is 7.71. The van der Waals surface area contributed by atoms with Gasteiger partial charge in [-0.1, -0.05) is 37.3 Å². The second-order valence-electron chi connectivity index (χ2n) is 10.0. The number of Topliss-reactive ketones (excluding diaryl/α,β-unsaturated/α-hetero) is 1. The predicted molar refractivity (Wildman–Crippen MR) is 151 cm³/mol. The molecule has 0 aliphatic heterocycles. The molecular formula is C30H33N3O5S. The van der Waals surface area contributed by atoms with Gasteiger partial charge in [-0.05, 0) is 55.0 Å². The Morgan fingerprint density at radius 3 is 2.62 bits per heavy atom. The quantitative estimate of drug-likeness (QED) is 0.341. The highest BCUT2D eigenvalue weighted by molar-refractivity contribution is 7.92. The maximum Gasteiger partial charge on any atom is 0.229 e. The Morgan fingerprint density at radius 2 is 1.90 bits per heavy atom. The molecule has 2 aliphatic carbocycles. The van der Waals surface area contributed by atoms with Gasteiger partial charge in [0.25, 0.3) is 0 Å². The number of sulfonamides is 1. The molecule has 0 radical (unpaired) electrons. The number of hydrogen-bond donors (Lipinski definition) is 1. The normalized spacial score (nSPS) is 15.1. The van der Waals surface area contributed by atoms with Gasteiger partial charge in [-0.25, -0.2) is 13.4 Å². The van der Waals surface area contributed by atoms with E-state index in [9.17, 15) is 13.2 Å². The van der Waals surface area contributed by atoms with Crippen molar-refractivity contribution in [1.29, 1.82) is 0 Å². The first-order valence-electron chi connectivity index (χ1n) is 13.3. The number of rotatable bonds is 10. The zero-order valence-electron chi connectivity index (χ0n) is 22.5. The maximum absolute atomic E-state index is 12.2. The van der Waals surface area contributed by atoms with Crippen molar-refractivity contribution >= 4 is 27.1 Å². The van der Waals surface area contributed by atoms with E-state index in [1.54, 1.807) is 19.2 Å². The number of benzene rings is 2. The van der Waals surface area contributed by atoms with Crippen LogP contribution in [0.1, 0.15) is 77.6 Å². The number of carbonyl (C=O) groups excluding carboxylic acids is 1. The number of nitrogens with zero attached hydrogens (tertiary/aromatic N) is 2. The van der Waals surface area contributed by atoms with Crippen LogP contribution >= 0.6 is 0 Å². The number of hydrogen-bond acceptors (Lipinski definition) is 7. The first kappa shape index (κ1) is 26.9. The number of methoxy groups -OCH3 is 1. The molecule has 0 spiro atoms. The summed E-state index contributed by atoms with van der Waals surface area (Å²) in [4.78, 5) is 22.0. The third kappa shape index (κ3) is 6.14. The maximum atomic E-state index is 12.2. The van der Waals surface area contributed by atoms with Gasteiger partial charge in [0.05, 0.1) is 24.6 Å². The van der Waals surface area contributed by atoms with Crippen molar-refractivity contribution < 1.29 is 22.7 Å². The number of anilines is 1. The van der Waals surface area contributed by atoms with Gasteiger partial charge in [0.1, 0.15) is 17.7 Å². The SMILES string of the molecule is CCC(=O)c1ccc(Cc2nc3c(c(OC4CCCC4)n2)C(c2cccc(NS(C)(=O)=O)c2)=CC3)c(OC)c1. The van der Waals surface area contributed by atoms with Crippen LogP contribution in [0.5, 0.6) is 11.6 Å². The standard InChI is InChI=1S/C30H33N3O5S/c1-4-26(34)20-12-13-21(27(17-20)37-2)18-28-31-25-15-14-24(19-8-7-9-22(16-19)33-39(3,35)36)29(25)30(32-28)38-23-10-5-6-11-23/h7-9,12-14,16-17,23,33H,4-6,10-11,15,18H2,1-3H3. The van der Waals surface area contributed by atoms with Crippen molar-refractivity contribution in [3.8, 4) is 11.6 Å². The van der Waals surface area contributed by atoms with Gasteiger partial charge in [0.2, 0.25) is 15.9 Å². The summed E-state index contributed by atoms with van der Waals surface area (Å²) >= 11 is 0. The zero-order chi connectivity index (χ0) is 27.6. The van der Waals surface area contributed by atoms with E-state index in [0.717, 1.165) is 59.9 Å². The highest BCUT2D eigenvalue weighted by atomic mass is 32.2. The minimum atomic E-state index is -3.40. The van der Waals surface area contributed by atoms with Gasteiger partial charge < -0.3 is 9.47 Å². The van der Waals surface area contributed by atoms with Crippen LogP contribution in [-0.4, -0.2) is 43.6 Å². The molecule has 0 bridgehead atoms. The molecule has 5 rings (SSSR count). The average molecular weight is 548 g/mol. The largest absolute Gasteiger partial charge is 0.496 e. The Morgan fingerprint density at radius 1 is 1.10 bits per heavy atom. The van der Waals surface area contributed by atoms with Crippen molar-refractivity contribution in [2.24, 2.45) is 0 Å². The van der Waals surface area contributed by atoms with E-state index in [2.05, 4.69) is 10.8 Å². The number of ketones is 1. The zero-order valence-corrected chi connectivity index (χ0v) is 23.3. The fraction of sp³-hybridized carbons (Fsp3) is 0.367. The van der Waals surface area contributed by atoms with E-state index >= 15 is 0 Å². The minimum absolute atomic E-state index is 0.0651. The summed E-state index contributed by atoms with van der Waals surface area (Å²) in [5.74, 6) is 1.88. The van der Waals surface area contributed by atoms with Crippen molar-refractivity contribution in [3.63, 3.8) is 0 Å². The van der Waals surface area contributed by atoms with Crippen molar-refractivity contribution in [3.05, 3.63) is 82.3 Å². The summed E-state index contributed by atoms with van der Waals surface area (Å²) in [5, 5.41) is 0. The van der Waals surface area contributed by atoms with Gasteiger partial charge in [-0.15, -0.1) is 0 Å². The molecular weight excluding hydrogens is 514 g/mol. The summed E-state index contributed by atoms with van der Waals surface area (Å²) in [6, 6.07) is 12.8. The van der Waals surface area contributed by atoms with Gasteiger partial charge in [-0.3, -0.25) is 9.52 Å². The monoisotopic (exact) mass is 547 g/mol. The summed E-state index contributed by atoms with van der Waals surface area (Å²) in [5.41, 5.74) is 5.55. The highest BCUT2D eigenvalue weighted by Gasteiger charge is 2.28. The molecule has 1 saturated carbocycles. The van der Waals surface area contributed by atoms with E-state index in [1.807, 2.05) is 37.3 Å². The van der Waals surface area contributed by atoms with Crippen LogP contribution in [0.25, 0.3) is 5.57 Å². The Bertz CT molecular complexity index is 1540. The van der Waals surface area contributed by atoms with Crippen molar-refractivity contribution in [1.82, 2.24) is 9.97 Å². The molecule has 1 heterocycles. The topological polar surface area (TPSA) is 107 Å². The van der Waals surface area contributed by atoms with Gasteiger partial charge in [0.15, 0.2) is 5.78 Å². The molecule has 2 aromatic carbocycles. The Hall–Kier alpha value is -3.72. The van der Waals surface area contributed by atoms with E-state index in [4.69, 9.17) is 19.4 Å². The number of carbonyl (C=O) groups is 1. The smallest absolute Gasteiger partial charge is 0.229 e. The molecule has 1 N–H and O–H groups in total. The van der Waals surface area contributed by atoms with Crippen LogP contribution in [0.3, 0.4) is 0 Å². The first-order valence-corrected chi connectivity index (χ1v) is 15.2. The third-order valence-electron chi connectivity index (χ3n) is 7.10. The van der Waals surface area contributed by atoms with Crippen LogP contribution in [-0.2, 0) is 22.9 Å². The minimum Gasteiger partial charge on any atom is -0.496 e. The van der Waals surface area contributed by atoms with Crippen LogP contribution < -0.4 is 14.2 Å². The molecule has 0 amide bonds. The van der Waals surface area contributed by atoms with Crippen LogP contribution in [0.2, 0.25) is 0 Å². The van der Waals surface area contributed by atoms with Crippen LogP contribution in [0.4, 0.5) is 5.69 Å². The lowest BCUT2D eigenvalue weighted by Crippen LogP contribution is -2.15. The van der Waals surface area contributed by atoms with Crippen LogP contribution in [0.15, 0.2) is 48.5 Å². The Balaban J connectivity index is 1.51. The van der Waals surface area contributed by atoms with Gasteiger partial charge in [0, 0.05) is 36.1 Å². The number of fused-ring (bicyclic) bond motifs is 1. The summed E-state index contributed by atoms with van der Waals surface area (Å²) in [6.45, 7) is 1.84. The lowest BCUT2D eigenvalue weighted by atomic mass is 10.0. The lowest BCUT2D eigenvalue weighted by molar-refractivity contribution is 0.0987. The van der Waals surface area contributed by atoms with Crippen molar-refractivity contribution in [2.45, 2.75) is 58.0 Å². The number of aromatic nitrogens is 2. The van der Waals surface area contributed by atoms with Gasteiger partial charge >= 0.3 is 0 Å². The van der Waals surface area contributed by atoms with E-state index < -0.39 is 10.0 Å². The number of allylic oxidation sites excluding steroid dienone is 1. The molecule has 2 aliphatic rings. The summed E-state index contributed by atoms with van der Waals surface area (Å²) < 4.78 is 38.2. The predicted octanol–water partition coefficient (Wildman–Crippen LogP) is 5.35. The average Bonchev–Trinajstić information content (AvgIpc) is 3.58. The number of nitrogens with one attached hydrogen (secondary N) is 1. The molecule has 1 fully saturated rings. The van der Waals surface area contributed by atoms with Crippen LogP contribution in [0, 0.1) is 0 Å². The summed E-state index contributed by atoms with van der Waals surface area (Å²) in [7, 11) is -1.80. The van der Waals surface area contributed by atoms with E-state index in [-0.39, 0.29) is 11.9 Å². The molecule has 0 saturated heterocycles. The summed E-state index contributed by atoms with van der Waals surface area (Å²) in [6.07, 6.45) is 9.05. The molecule has 9 heteroatoms. The first-order chi connectivity index (χ1) is 18.7. The molecule has 8 nitrogen and oxygen atoms in total. The second-order valence-corrected chi connectivity index (χ2v) is 11.8. The molecule has 1 aromatic heterocycles. The molecule has 0 unspecified atom stereocenters. The molecule has 3 aromatic rings. The molecule has 39 heavy (non-hydrogen) atoms. The second kappa shape index (κ2) is 11.2. The number of ether oxygens (including phenoxy) is 2. The lowest BCUT2D eigenvalue weighted by Gasteiger charge is -2.18. The Labute approximate surface area is 229 Å². The fourth-order valence-corrected chi connectivity index (χ4v) is 5.80. The van der Waals surface area contributed by atoms with E-state index in [1.165, 1.54) is 0 Å². The highest BCUT2D eigenvalue weighted by Crippen LogP contribution is 2.40. The van der Waals surface area contributed by atoms with Crippen molar-refractivity contribution in [2.75, 3.05) is 18.1 Å².